The second kappa shape index (κ2) is 7.74. The number of nitrogens with zero attached hydrogens (tertiary/aromatic N) is 2. The molecule has 2 heteroatoms. The molecule has 1 saturated heterocycles. The van der Waals surface area contributed by atoms with Crippen molar-refractivity contribution in [2.45, 2.75) is 32.6 Å². The number of hydrogen-bond acceptors (Lipinski definition) is 2. The summed E-state index contributed by atoms with van der Waals surface area (Å²) < 4.78 is 0. The Bertz CT molecular complexity index is 915. The summed E-state index contributed by atoms with van der Waals surface area (Å²) in [5, 5.41) is 2.56. The molecule has 0 aliphatic carbocycles. The van der Waals surface area contributed by atoms with Crippen LogP contribution in [0.4, 0.5) is 5.69 Å². The van der Waals surface area contributed by atoms with Gasteiger partial charge >= 0.3 is 0 Å². The van der Waals surface area contributed by atoms with Crippen molar-refractivity contribution in [3.63, 3.8) is 0 Å². The fourth-order valence-electron chi connectivity index (χ4n) is 3.85. The number of piperidine rings is 1. The van der Waals surface area contributed by atoms with Gasteiger partial charge in [0.05, 0.1) is 5.69 Å². The third-order valence-electron chi connectivity index (χ3n) is 5.32. The fraction of sp³-hybridized carbons (Fsp3) is 0.292. The van der Waals surface area contributed by atoms with Gasteiger partial charge in [0.2, 0.25) is 0 Å². The van der Waals surface area contributed by atoms with Gasteiger partial charge in [0.25, 0.3) is 0 Å². The highest BCUT2D eigenvalue weighted by Gasteiger charge is 2.14. The molecule has 0 unspecified atom stereocenters. The maximum atomic E-state index is 4.69. The second-order valence-electron chi connectivity index (χ2n) is 7.04. The number of anilines is 1. The van der Waals surface area contributed by atoms with Gasteiger partial charge in [-0.2, -0.15) is 0 Å². The van der Waals surface area contributed by atoms with Crippen LogP contribution in [0.1, 0.15) is 43.0 Å². The van der Waals surface area contributed by atoms with E-state index in [1.165, 1.54) is 59.9 Å². The first kappa shape index (κ1) is 16.8. The molecule has 0 bridgehead atoms. The van der Waals surface area contributed by atoms with E-state index in [-0.39, 0.29) is 0 Å². The van der Waals surface area contributed by atoms with Crippen LogP contribution in [0.2, 0.25) is 0 Å². The summed E-state index contributed by atoms with van der Waals surface area (Å²) in [5.41, 5.74) is 5.01. The zero-order valence-electron chi connectivity index (χ0n) is 15.5. The van der Waals surface area contributed by atoms with E-state index >= 15 is 0 Å². The van der Waals surface area contributed by atoms with Crippen molar-refractivity contribution >= 4 is 28.6 Å². The Morgan fingerprint density at radius 3 is 2.62 bits per heavy atom. The van der Waals surface area contributed by atoms with Crippen molar-refractivity contribution < 1.29 is 0 Å². The smallest absolute Gasteiger partial charge is 0.0650 e. The summed E-state index contributed by atoms with van der Waals surface area (Å²) >= 11 is 0. The van der Waals surface area contributed by atoms with E-state index in [9.17, 15) is 0 Å². The minimum absolute atomic E-state index is 1.03. The Morgan fingerprint density at radius 1 is 0.962 bits per heavy atom. The summed E-state index contributed by atoms with van der Waals surface area (Å²) in [4.78, 5) is 7.23. The minimum atomic E-state index is 1.03. The zero-order chi connectivity index (χ0) is 17.8. The zero-order valence-corrected chi connectivity index (χ0v) is 15.5. The van der Waals surface area contributed by atoms with E-state index in [1.807, 2.05) is 0 Å². The highest BCUT2D eigenvalue weighted by atomic mass is 15.1. The first-order valence-corrected chi connectivity index (χ1v) is 9.75. The van der Waals surface area contributed by atoms with Gasteiger partial charge < -0.3 is 4.90 Å². The number of aromatic nitrogens is 1. The molecule has 0 spiro atoms. The van der Waals surface area contributed by atoms with Gasteiger partial charge in [-0.3, -0.25) is 4.98 Å². The summed E-state index contributed by atoms with van der Waals surface area (Å²) in [6.07, 6.45) is 11.4. The van der Waals surface area contributed by atoms with Crippen LogP contribution in [0.3, 0.4) is 0 Å². The van der Waals surface area contributed by atoms with Crippen molar-refractivity contribution in [1.82, 2.24) is 4.98 Å². The van der Waals surface area contributed by atoms with E-state index in [4.69, 9.17) is 0 Å². The van der Waals surface area contributed by atoms with E-state index in [0.29, 0.717) is 0 Å². The summed E-state index contributed by atoms with van der Waals surface area (Å²) in [7, 11) is 0. The lowest BCUT2D eigenvalue weighted by Gasteiger charge is -2.30. The summed E-state index contributed by atoms with van der Waals surface area (Å²) in [5.74, 6) is 0. The average molecular weight is 342 g/mol. The highest BCUT2D eigenvalue weighted by Crippen LogP contribution is 2.26. The van der Waals surface area contributed by atoms with Crippen molar-refractivity contribution in [2.75, 3.05) is 18.0 Å². The fourth-order valence-corrected chi connectivity index (χ4v) is 3.85. The van der Waals surface area contributed by atoms with E-state index in [0.717, 1.165) is 12.1 Å². The third kappa shape index (κ3) is 3.50. The molecule has 0 N–H and O–H groups in total. The lowest BCUT2D eigenvalue weighted by Crippen LogP contribution is -2.30. The molecule has 3 aromatic rings. The van der Waals surface area contributed by atoms with Crippen LogP contribution in [0, 0.1) is 0 Å². The molecular weight excluding hydrogens is 316 g/mol. The molecule has 2 heterocycles. The Kier molecular flexibility index (Phi) is 5.01. The van der Waals surface area contributed by atoms with Gasteiger partial charge in [0, 0.05) is 25.0 Å². The number of hydrogen-bond donors (Lipinski definition) is 0. The first-order valence-electron chi connectivity index (χ1n) is 9.75. The predicted molar refractivity (Wildman–Crippen MR) is 113 cm³/mol. The number of rotatable bonds is 4. The first-order chi connectivity index (χ1) is 12.8. The molecule has 1 aliphatic heterocycles. The topological polar surface area (TPSA) is 16.1 Å². The summed E-state index contributed by atoms with van der Waals surface area (Å²) in [6, 6.07) is 17.3. The molecule has 1 aromatic heterocycles. The Balaban J connectivity index is 1.66. The highest BCUT2D eigenvalue weighted by molar-refractivity contribution is 5.92. The van der Waals surface area contributed by atoms with E-state index in [1.54, 1.807) is 0 Å². The standard InChI is InChI=1S/C24H26N2/c1-2-19-18-25-22(17-24(19)26-15-6-3-7-16-26)14-13-21-11-8-10-20-9-4-5-12-23(20)21/h4-5,8-14,17-18H,2-3,6-7,15-16H2,1H3/b14-13+. The van der Waals surface area contributed by atoms with Gasteiger partial charge in [-0.25, -0.2) is 0 Å². The van der Waals surface area contributed by atoms with Crippen molar-refractivity contribution in [2.24, 2.45) is 0 Å². The molecule has 0 saturated carbocycles. The lowest BCUT2D eigenvalue weighted by atomic mass is 10.0. The molecule has 26 heavy (non-hydrogen) atoms. The third-order valence-corrected chi connectivity index (χ3v) is 5.32. The van der Waals surface area contributed by atoms with Gasteiger partial charge in [-0.05, 0) is 59.7 Å². The van der Waals surface area contributed by atoms with Crippen LogP contribution in [0.25, 0.3) is 22.9 Å². The molecule has 0 amide bonds. The molecule has 0 radical (unpaired) electrons. The second-order valence-corrected chi connectivity index (χ2v) is 7.04. The van der Waals surface area contributed by atoms with Crippen molar-refractivity contribution in [1.29, 1.82) is 0 Å². The SMILES string of the molecule is CCc1cnc(/C=C/c2cccc3ccccc23)cc1N1CCCCC1. The van der Waals surface area contributed by atoms with Gasteiger partial charge in [0.1, 0.15) is 0 Å². The molecule has 1 fully saturated rings. The van der Waals surface area contributed by atoms with Crippen LogP contribution in [0.15, 0.2) is 54.7 Å². The quantitative estimate of drug-likeness (QED) is 0.582. The van der Waals surface area contributed by atoms with Crippen LogP contribution in [-0.4, -0.2) is 18.1 Å². The molecule has 132 valence electrons. The maximum Gasteiger partial charge on any atom is 0.0650 e. The van der Waals surface area contributed by atoms with E-state index in [2.05, 4.69) is 83.7 Å². The molecule has 1 aliphatic rings. The number of aryl methyl sites for hydroxylation is 1. The number of fused-ring (bicyclic) bond motifs is 1. The van der Waals surface area contributed by atoms with Gasteiger partial charge in [-0.1, -0.05) is 55.5 Å². The Morgan fingerprint density at radius 2 is 1.77 bits per heavy atom. The molecule has 2 nitrogen and oxygen atoms in total. The maximum absolute atomic E-state index is 4.69. The molecule has 4 rings (SSSR count). The van der Waals surface area contributed by atoms with Gasteiger partial charge in [0.15, 0.2) is 0 Å². The van der Waals surface area contributed by atoms with Crippen LogP contribution < -0.4 is 4.90 Å². The molecule has 2 aromatic carbocycles. The molecule has 0 atom stereocenters. The van der Waals surface area contributed by atoms with Crippen LogP contribution in [-0.2, 0) is 6.42 Å². The van der Waals surface area contributed by atoms with Gasteiger partial charge in [-0.15, -0.1) is 0 Å². The molecular formula is C24H26N2. The summed E-state index contributed by atoms with van der Waals surface area (Å²) in [6.45, 7) is 4.56. The Hall–Kier alpha value is -2.61. The monoisotopic (exact) mass is 342 g/mol. The largest absolute Gasteiger partial charge is 0.371 e. The minimum Gasteiger partial charge on any atom is -0.371 e. The van der Waals surface area contributed by atoms with Crippen molar-refractivity contribution in [3.8, 4) is 0 Å². The normalized spacial score (nSPS) is 15.0. The number of pyridine rings is 1. The average Bonchev–Trinajstić information content (AvgIpc) is 2.72. The lowest BCUT2D eigenvalue weighted by molar-refractivity contribution is 0.576. The number of benzene rings is 2. The predicted octanol–water partition coefficient (Wildman–Crippen LogP) is 5.96. The van der Waals surface area contributed by atoms with Crippen molar-refractivity contribution in [3.05, 3.63) is 71.5 Å². The van der Waals surface area contributed by atoms with Crippen LogP contribution in [0.5, 0.6) is 0 Å². The van der Waals surface area contributed by atoms with Crippen LogP contribution >= 0.6 is 0 Å². The van der Waals surface area contributed by atoms with E-state index < -0.39 is 0 Å². The Labute approximate surface area is 156 Å².